The number of aliphatic hydroxyl groups is 1. The highest BCUT2D eigenvalue weighted by molar-refractivity contribution is 7.15. The molecular weight excluding hydrogens is 499 g/mol. The number of nitrogens with zero attached hydrogens (tertiary/aromatic N) is 2. The molecule has 1 saturated carbocycles. The van der Waals surface area contributed by atoms with Gasteiger partial charge in [-0.05, 0) is 48.6 Å². The van der Waals surface area contributed by atoms with Gasteiger partial charge in [-0.2, -0.15) is 13.2 Å². The van der Waals surface area contributed by atoms with E-state index < -0.39 is 23.3 Å². The van der Waals surface area contributed by atoms with Gasteiger partial charge in [0.25, 0.3) is 0 Å². The van der Waals surface area contributed by atoms with Crippen molar-refractivity contribution in [1.29, 1.82) is 0 Å². The Morgan fingerprint density at radius 1 is 1.20 bits per heavy atom. The second-order valence-electron chi connectivity index (χ2n) is 9.04. The summed E-state index contributed by atoms with van der Waals surface area (Å²) < 4.78 is 38.7. The van der Waals surface area contributed by atoms with Crippen molar-refractivity contribution in [2.75, 3.05) is 18.4 Å². The predicted molar refractivity (Wildman–Crippen MR) is 129 cm³/mol. The van der Waals surface area contributed by atoms with Gasteiger partial charge in [-0.15, -0.1) is 0 Å². The summed E-state index contributed by atoms with van der Waals surface area (Å²) in [6.45, 7) is 1.21. The fraction of sp³-hybridized carbons (Fsp3) is 0.360. The van der Waals surface area contributed by atoms with E-state index in [2.05, 4.69) is 15.2 Å². The molecule has 2 atom stereocenters. The summed E-state index contributed by atoms with van der Waals surface area (Å²) in [5, 5.41) is 14.0. The number of thiazole rings is 1. The Morgan fingerprint density at radius 3 is 2.51 bits per heavy atom. The highest BCUT2D eigenvalue weighted by Gasteiger charge is 2.51. The Hall–Kier alpha value is -2.46. The minimum Gasteiger partial charge on any atom is -0.392 e. The molecule has 2 heterocycles. The van der Waals surface area contributed by atoms with Crippen molar-refractivity contribution in [3.05, 3.63) is 81.3 Å². The fourth-order valence-electron chi connectivity index (χ4n) is 4.67. The minimum absolute atomic E-state index is 0.214. The number of nitrogens with one attached hydrogen (secondary N) is 1. The lowest BCUT2D eigenvalue weighted by atomic mass is 9.94. The van der Waals surface area contributed by atoms with E-state index in [1.807, 2.05) is 24.3 Å². The van der Waals surface area contributed by atoms with Crippen LogP contribution in [-0.4, -0.2) is 40.1 Å². The fourth-order valence-corrected chi connectivity index (χ4v) is 5.87. The normalized spacial score (nSPS) is 20.5. The Bertz CT molecular complexity index is 1230. The Morgan fingerprint density at radius 2 is 1.91 bits per heavy atom. The van der Waals surface area contributed by atoms with Crippen LogP contribution in [0.4, 0.5) is 18.3 Å². The SMILES string of the molecule is O=C(Nc1ncc(C(c2ccccc2Cl)N2CC[C@@H](O)C2)s1)C1(c2ccc(C(F)(F)F)cc2)CC1. The third kappa shape index (κ3) is 4.82. The highest BCUT2D eigenvalue weighted by Crippen LogP contribution is 2.50. The second-order valence-corrected chi connectivity index (χ2v) is 10.5. The number of hydrogen-bond acceptors (Lipinski definition) is 5. The molecule has 2 fully saturated rings. The standard InChI is InChI=1S/C25H23ClF3N3O2S/c26-19-4-2-1-3-18(19)21(32-12-9-17(33)14-32)20-13-30-23(35-20)31-22(34)24(10-11-24)15-5-7-16(8-6-15)25(27,28)29/h1-8,13,17,21,33H,9-12,14H2,(H,30,31,34)/t17-,21?/m1/s1. The van der Waals surface area contributed by atoms with Gasteiger partial charge >= 0.3 is 6.18 Å². The monoisotopic (exact) mass is 521 g/mol. The number of amides is 1. The van der Waals surface area contributed by atoms with Gasteiger partial charge in [-0.3, -0.25) is 9.69 Å². The number of hydrogen-bond donors (Lipinski definition) is 2. The summed E-state index contributed by atoms with van der Waals surface area (Å²) in [4.78, 5) is 20.6. The first-order valence-corrected chi connectivity index (χ1v) is 12.5. The number of carbonyl (C=O) groups excluding carboxylic acids is 1. The Labute approximate surface area is 209 Å². The average molecular weight is 522 g/mol. The van der Waals surface area contributed by atoms with E-state index in [0.717, 1.165) is 22.6 Å². The predicted octanol–water partition coefficient (Wildman–Crippen LogP) is 5.64. The topological polar surface area (TPSA) is 65.5 Å². The van der Waals surface area contributed by atoms with Gasteiger partial charge in [0.1, 0.15) is 0 Å². The maximum atomic E-state index is 13.2. The number of aromatic nitrogens is 1. The third-order valence-corrected chi connectivity index (χ3v) is 8.03. The molecule has 184 valence electrons. The van der Waals surface area contributed by atoms with Crippen LogP contribution in [-0.2, 0) is 16.4 Å². The third-order valence-electron chi connectivity index (χ3n) is 6.72. The molecule has 0 radical (unpaired) electrons. The molecule has 2 N–H and O–H groups in total. The highest BCUT2D eigenvalue weighted by atomic mass is 35.5. The molecule has 5 rings (SSSR count). The molecule has 3 aromatic rings. The molecule has 0 spiro atoms. The lowest BCUT2D eigenvalue weighted by Crippen LogP contribution is -2.28. The van der Waals surface area contributed by atoms with Crippen molar-refractivity contribution in [2.45, 2.75) is 43.0 Å². The molecule has 1 saturated heterocycles. The van der Waals surface area contributed by atoms with Crippen LogP contribution in [0.15, 0.2) is 54.7 Å². The molecule has 2 aliphatic rings. The van der Waals surface area contributed by atoms with Crippen molar-refractivity contribution in [3.63, 3.8) is 0 Å². The Balaban J connectivity index is 1.37. The number of alkyl halides is 3. The molecule has 2 aromatic carbocycles. The smallest absolute Gasteiger partial charge is 0.392 e. The summed E-state index contributed by atoms with van der Waals surface area (Å²) in [6.07, 6.45) is -1.33. The first-order chi connectivity index (χ1) is 16.7. The molecular formula is C25H23ClF3N3O2S. The first kappa shape index (κ1) is 24.2. The molecule has 1 aliphatic heterocycles. The number of carbonyl (C=O) groups is 1. The summed E-state index contributed by atoms with van der Waals surface area (Å²) in [5.41, 5.74) is -0.107. The van der Waals surface area contributed by atoms with E-state index in [1.165, 1.54) is 23.5 Å². The number of anilines is 1. The van der Waals surface area contributed by atoms with Gasteiger partial charge < -0.3 is 10.4 Å². The van der Waals surface area contributed by atoms with Crippen molar-refractivity contribution < 1.29 is 23.1 Å². The van der Waals surface area contributed by atoms with Crippen LogP contribution in [0.25, 0.3) is 0 Å². The quantitative estimate of drug-likeness (QED) is 0.440. The maximum Gasteiger partial charge on any atom is 0.416 e. The number of benzene rings is 2. The molecule has 1 unspecified atom stereocenters. The van der Waals surface area contributed by atoms with E-state index in [4.69, 9.17) is 11.6 Å². The van der Waals surface area contributed by atoms with Crippen molar-refractivity contribution in [1.82, 2.24) is 9.88 Å². The maximum absolute atomic E-state index is 13.2. The molecule has 0 bridgehead atoms. The van der Waals surface area contributed by atoms with Crippen LogP contribution in [0.5, 0.6) is 0 Å². The summed E-state index contributed by atoms with van der Waals surface area (Å²) in [7, 11) is 0. The zero-order valence-corrected chi connectivity index (χ0v) is 20.1. The number of β-amino-alcohol motifs (C(OH)–C–C–N with tert-alkyl or cyclic N) is 1. The van der Waals surface area contributed by atoms with Crippen LogP contribution < -0.4 is 5.32 Å². The summed E-state index contributed by atoms with van der Waals surface area (Å²) in [6, 6.07) is 12.1. The number of aliphatic hydroxyl groups excluding tert-OH is 1. The van der Waals surface area contributed by atoms with E-state index in [-0.39, 0.29) is 11.9 Å². The van der Waals surface area contributed by atoms with Crippen LogP contribution in [0.1, 0.15) is 46.9 Å². The molecule has 1 aliphatic carbocycles. The van der Waals surface area contributed by atoms with Crippen molar-refractivity contribution in [3.8, 4) is 0 Å². The van der Waals surface area contributed by atoms with Crippen molar-refractivity contribution in [2.24, 2.45) is 0 Å². The van der Waals surface area contributed by atoms with E-state index in [1.54, 1.807) is 6.20 Å². The van der Waals surface area contributed by atoms with Gasteiger partial charge in [0.2, 0.25) is 5.91 Å². The Kier molecular flexibility index (Phi) is 6.37. The second kappa shape index (κ2) is 9.20. The molecule has 5 nitrogen and oxygen atoms in total. The summed E-state index contributed by atoms with van der Waals surface area (Å²) in [5.74, 6) is -0.274. The lowest BCUT2D eigenvalue weighted by Gasteiger charge is -2.27. The molecule has 1 amide bonds. The van der Waals surface area contributed by atoms with Crippen LogP contribution >= 0.6 is 22.9 Å². The van der Waals surface area contributed by atoms with Gasteiger partial charge in [-0.25, -0.2) is 4.98 Å². The lowest BCUT2D eigenvalue weighted by molar-refractivity contribution is -0.137. The number of rotatable bonds is 6. The first-order valence-electron chi connectivity index (χ1n) is 11.3. The number of halogens is 4. The zero-order valence-electron chi connectivity index (χ0n) is 18.6. The van der Waals surface area contributed by atoms with Crippen LogP contribution in [0, 0.1) is 0 Å². The van der Waals surface area contributed by atoms with Crippen LogP contribution in [0.3, 0.4) is 0 Å². The zero-order chi connectivity index (χ0) is 24.8. The van der Waals surface area contributed by atoms with Crippen LogP contribution in [0.2, 0.25) is 5.02 Å². The molecule has 1 aromatic heterocycles. The van der Waals surface area contributed by atoms with Gasteiger partial charge in [0.05, 0.1) is 23.1 Å². The van der Waals surface area contributed by atoms with E-state index in [0.29, 0.717) is 48.1 Å². The van der Waals surface area contributed by atoms with Crippen molar-refractivity contribution >= 4 is 34.0 Å². The van der Waals surface area contributed by atoms with Gasteiger partial charge in [0, 0.05) is 29.2 Å². The van der Waals surface area contributed by atoms with E-state index >= 15 is 0 Å². The van der Waals surface area contributed by atoms with Gasteiger partial charge in [0.15, 0.2) is 5.13 Å². The average Bonchev–Trinajstić information content (AvgIpc) is 3.34. The molecule has 35 heavy (non-hydrogen) atoms. The largest absolute Gasteiger partial charge is 0.416 e. The molecule has 10 heteroatoms. The van der Waals surface area contributed by atoms with E-state index in [9.17, 15) is 23.1 Å². The minimum atomic E-state index is -4.42. The number of likely N-dealkylation sites (tertiary alicyclic amines) is 1. The summed E-state index contributed by atoms with van der Waals surface area (Å²) >= 11 is 7.84. The van der Waals surface area contributed by atoms with Gasteiger partial charge in [-0.1, -0.05) is 53.3 Å².